The lowest BCUT2D eigenvalue weighted by Gasteiger charge is -2.10. The van der Waals surface area contributed by atoms with Gasteiger partial charge in [-0.15, -0.1) is 0 Å². The van der Waals surface area contributed by atoms with E-state index in [0.29, 0.717) is 25.3 Å². The van der Waals surface area contributed by atoms with E-state index in [9.17, 15) is 4.79 Å². The fourth-order valence-electron chi connectivity index (χ4n) is 2.14. The molecule has 0 aliphatic rings. The Morgan fingerprint density at radius 3 is 2.86 bits per heavy atom. The van der Waals surface area contributed by atoms with Crippen LogP contribution in [0.2, 0.25) is 0 Å². The quantitative estimate of drug-likeness (QED) is 0.822. The number of benzene rings is 1. The Balaban J connectivity index is 1.92. The van der Waals surface area contributed by atoms with Gasteiger partial charge in [-0.25, -0.2) is 0 Å². The predicted molar refractivity (Wildman–Crippen MR) is 82.5 cm³/mol. The van der Waals surface area contributed by atoms with Crippen LogP contribution in [0.4, 0.5) is 5.82 Å². The summed E-state index contributed by atoms with van der Waals surface area (Å²) in [7, 11) is 0. The van der Waals surface area contributed by atoms with Crippen molar-refractivity contribution in [1.29, 1.82) is 0 Å². The minimum Gasteiger partial charge on any atom is -0.494 e. The number of aryl methyl sites for hydroxylation is 2. The van der Waals surface area contributed by atoms with Crippen molar-refractivity contribution in [2.24, 2.45) is 0 Å². The highest BCUT2D eigenvalue weighted by atomic mass is 16.5. The van der Waals surface area contributed by atoms with Gasteiger partial charge in [0.2, 0.25) is 5.91 Å². The summed E-state index contributed by atoms with van der Waals surface area (Å²) in [4.78, 5) is 12.0. The average molecular weight is 287 g/mol. The number of carbonyl (C=O) groups is 1. The molecule has 0 fully saturated rings. The number of ether oxygens (including phenoxy) is 1. The van der Waals surface area contributed by atoms with Crippen molar-refractivity contribution in [1.82, 2.24) is 10.2 Å². The molecule has 1 aromatic heterocycles. The molecule has 5 nitrogen and oxygen atoms in total. The van der Waals surface area contributed by atoms with E-state index in [4.69, 9.17) is 4.74 Å². The van der Waals surface area contributed by atoms with Crippen molar-refractivity contribution in [2.75, 3.05) is 11.9 Å². The Bertz CT molecular complexity index is 593. The number of amides is 1. The third kappa shape index (κ3) is 4.08. The second-order valence-electron chi connectivity index (χ2n) is 4.71. The van der Waals surface area contributed by atoms with Gasteiger partial charge in [-0.1, -0.05) is 25.1 Å². The van der Waals surface area contributed by atoms with Crippen molar-refractivity contribution in [3.63, 3.8) is 0 Å². The van der Waals surface area contributed by atoms with Gasteiger partial charge in [-0.2, -0.15) is 5.10 Å². The Labute approximate surface area is 124 Å². The molecule has 1 amide bonds. The first-order chi connectivity index (χ1) is 10.2. The summed E-state index contributed by atoms with van der Waals surface area (Å²) in [5.74, 6) is 1.52. The molecule has 2 rings (SSSR count). The number of hydrogen-bond acceptors (Lipinski definition) is 3. The lowest BCUT2D eigenvalue weighted by molar-refractivity contribution is -0.116. The van der Waals surface area contributed by atoms with Crippen LogP contribution < -0.4 is 10.1 Å². The molecule has 0 spiro atoms. The summed E-state index contributed by atoms with van der Waals surface area (Å²) < 4.78 is 5.56. The molecular formula is C16H21N3O2. The van der Waals surface area contributed by atoms with Gasteiger partial charge in [0.25, 0.3) is 0 Å². The number of aromatic nitrogens is 2. The van der Waals surface area contributed by atoms with E-state index in [0.717, 1.165) is 23.3 Å². The molecule has 0 saturated carbocycles. The van der Waals surface area contributed by atoms with Gasteiger partial charge in [-0.05, 0) is 31.4 Å². The van der Waals surface area contributed by atoms with Crippen molar-refractivity contribution in [2.45, 2.75) is 33.1 Å². The van der Waals surface area contributed by atoms with Gasteiger partial charge < -0.3 is 10.1 Å². The third-order valence-electron chi connectivity index (χ3n) is 3.26. The van der Waals surface area contributed by atoms with Crippen LogP contribution in [0.25, 0.3) is 0 Å². The highest BCUT2D eigenvalue weighted by molar-refractivity contribution is 5.90. The smallest absolute Gasteiger partial charge is 0.225 e. The molecule has 0 radical (unpaired) electrons. The number of rotatable bonds is 7. The number of anilines is 1. The van der Waals surface area contributed by atoms with Crippen LogP contribution in [0, 0.1) is 0 Å². The monoisotopic (exact) mass is 287 g/mol. The van der Waals surface area contributed by atoms with Crippen LogP contribution in [0.3, 0.4) is 0 Å². The van der Waals surface area contributed by atoms with E-state index in [-0.39, 0.29) is 5.91 Å². The lowest BCUT2D eigenvalue weighted by atomic mass is 10.1. The van der Waals surface area contributed by atoms with Crippen molar-refractivity contribution in [3.05, 3.63) is 41.6 Å². The van der Waals surface area contributed by atoms with Crippen LogP contribution in [-0.2, 0) is 17.6 Å². The highest BCUT2D eigenvalue weighted by Crippen LogP contribution is 2.20. The molecular weight excluding hydrogens is 266 g/mol. The molecule has 1 heterocycles. The minimum atomic E-state index is -0.0275. The predicted octanol–water partition coefficient (Wildman–Crippen LogP) is 2.94. The van der Waals surface area contributed by atoms with Crippen LogP contribution in [0.1, 0.15) is 31.4 Å². The summed E-state index contributed by atoms with van der Waals surface area (Å²) in [6.45, 7) is 4.60. The SMILES string of the molecule is CCOc1ccccc1CCC(=O)Nc1[nH]ncc1CC. The molecule has 2 N–H and O–H groups in total. The molecule has 0 atom stereocenters. The molecule has 0 aliphatic carbocycles. The first-order valence-electron chi connectivity index (χ1n) is 7.27. The molecule has 1 aromatic carbocycles. The number of nitrogens with zero attached hydrogens (tertiary/aromatic N) is 1. The number of nitrogens with one attached hydrogen (secondary N) is 2. The van der Waals surface area contributed by atoms with Crippen LogP contribution in [-0.4, -0.2) is 22.7 Å². The summed E-state index contributed by atoms with van der Waals surface area (Å²) >= 11 is 0. The first-order valence-corrected chi connectivity index (χ1v) is 7.27. The molecule has 0 aliphatic heterocycles. The molecule has 5 heteroatoms. The van der Waals surface area contributed by atoms with E-state index >= 15 is 0 Å². The number of para-hydroxylation sites is 1. The Hall–Kier alpha value is -2.30. The van der Waals surface area contributed by atoms with Gasteiger partial charge >= 0.3 is 0 Å². The number of aromatic amines is 1. The zero-order valence-corrected chi connectivity index (χ0v) is 12.5. The normalized spacial score (nSPS) is 10.4. The third-order valence-corrected chi connectivity index (χ3v) is 3.26. The maximum atomic E-state index is 12.0. The van der Waals surface area contributed by atoms with Gasteiger partial charge in [0, 0.05) is 12.0 Å². The van der Waals surface area contributed by atoms with Crippen molar-refractivity contribution in [3.8, 4) is 5.75 Å². The molecule has 0 bridgehead atoms. The number of carbonyl (C=O) groups excluding carboxylic acids is 1. The second-order valence-corrected chi connectivity index (χ2v) is 4.71. The number of hydrogen-bond donors (Lipinski definition) is 2. The van der Waals surface area contributed by atoms with Gasteiger partial charge in [0.05, 0.1) is 12.8 Å². The van der Waals surface area contributed by atoms with Gasteiger partial charge in [-0.3, -0.25) is 9.89 Å². The minimum absolute atomic E-state index is 0.0275. The Morgan fingerprint density at radius 1 is 1.29 bits per heavy atom. The van der Waals surface area contributed by atoms with E-state index in [2.05, 4.69) is 15.5 Å². The molecule has 112 valence electrons. The maximum absolute atomic E-state index is 12.0. The van der Waals surface area contributed by atoms with Gasteiger partial charge in [0.15, 0.2) is 0 Å². The zero-order chi connectivity index (χ0) is 15.1. The molecule has 0 saturated heterocycles. The first kappa shape index (κ1) is 15.1. The molecule has 21 heavy (non-hydrogen) atoms. The number of H-pyrrole nitrogens is 1. The van der Waals surface area contributed by atoms with E-state index in [1.165, 1.54) is 0 Å². The summed E-state index contributed by atoms with van der Waals surface area (Å²) in [5.41, 5.74) is 2.06. The lowest BCUT2D eigenvalue weighted by Crippen LogP contribution is -2.14. The maximum Gasteiger partial charge on any atom is 0.225 e. The van der Waals surface area contributed by atoms with Crippen LogP contribution in [0.15, 0.2) is 30.5 Å². The zero-order valence-electron chi connectivity index (χ0n) is 12.5. The van der Waals surface area contributed by atoms with Crippen molar-refractivity contribution < 1.29 is 9.53 Å². The van der Waals surface area contributed by atoms with Crippen LogP contribution >= 0.6 is 0 Å². The summed E-state index contributed by atoms with van der Waals surface area (Å²) in [5, 5.41) is 9.62. The average Bonchev–Trinajstić information content (AvgIpc) is 2.94. The molecule has 2 aromatic rings. The van der Waals surface area contributed by atoms with E-state index in [1.54, 1.807) is 6.20 Å². The Kier molecular flexibility index (Phi) is 5.37. The fraction of sp³-hybridized carbons (Fsp3) is 0.375. The van der Waals surface area contributed by atoms with Gasteiger partial charge in [0.1, 0.15) is 11.6 Å². The van der Waals surface area contributed by atoms with E-state index in [1.807, 2.05) is 38.1 Å². The highest BCUT2D eigenvalue weighted by Gasteiger charge is 2.09. The fourth-order valence-corrected chi connectivity index (χ4v) is 2.14. The standard InChI is InChI=1S/C16H21N3O2/c1-3-12-11-17-19-16(12)18-15(20)10-9-13-7-5-6-8-14(13)21-4-2/h5-8,11H,3-4,9-10H2,1-2H3,(H2,17,18,19,20). The molecule has 0 unspecified atom stereocenters. The topological polar surface area (TPSA) is 67.0 Å². The van der Waals surface area contributed by atoms with Crippen LogP contribution in [0.5, 0.6) is 5.75 Å². The van der Waals surface area contributed by atoms with Crippen molar-refractivity contribution >= 4 is 11.7 Å². The second kappa shape index (κ2) is 7.47. The van der Waals surface area contributed by atoms with E-state index < -0.39 is 0 Å². The largest absolute Gasteiger partial charge is 0.494 e. The summed E-state index contributed by atoms with van der Waals surface area (Å²) in [6, 6.07) is 7.82. The summed E-state index contributed by atoms with van der Waals surface area (Å²) in [6.07, 6.45) is 3.63. The Morgan fingerprint density at radius 2 is 2.10 bits per heavy atom.